The first-order valence-corrected chi connectivity index (χ1v) is 6.03. The Balaban J connectivity index is 0.00000161. The van der Waals surface area contributed by atoms with E-state index in [0.717, 1.165) is 23.4 Å². The molecular weight excluding hydrogens is 309 g/mol. The summed E-state index contributed by atoms with van der Waals surface area (Å²) in [7, 11) is 0. The molecule has 2 aromatic rings. The maximum atomic E-state index is 12.7. The van der Waals surface area contributed by atoms with Crippen LogP contribution in [0.1, 0.15) is 16.8 Å². The van der Waals surface area contributed by atoms with Crippen molar-refractivity contribution >= 4 is 29.3 Å². The second-order valence-electron chi connectivity index (χ2n) is 4.82. The van der Waals surface area contributed by atoms with Crippen LogP contribution in [0.25, 0.3) is 10.9 Å². The van der Waals surface area contributed by atoms with Crippen LogP contribution in [0.3, 0.4) is 0 Å². The molecule has 8 heteroatoms. The van der Waals surface area contributed by atoms with E-state index in [0.29, 0.717) is 17.4 Å². The zero-order valence-corrected chi connectivity index (χ0v) is 11.4. The number of carbonyl (C=O) groups is 1. The summed E-state index contributed by atoms with van der Waals surface area (Å²) in [6, 6.07) is 2.78. The first-order chi connectivity index (χ1) is 9.36. The predicted molar refractivity (Wildman–Crippen MR) is 72.5 cm³/mol. The lowest BCUT2D eigenvalue weighted by molar-refractivity contribution is -0.139. The Labute approximate surface area is 123 Å². The van der Waals surface area contributed by atoms with Crippen LogP contribution < -0.4 is 5.32 Å². The van der Waals surface area contributed by atoms with E-state index in [4.69, 9.17) is 5.11 Å². The highest BCUT2D eigenvalue weighted by Gasteiger charge is 2.32. The van der Waals surface area contributed by atoms with E-state index < -0.39 is 23.8 Å². The number of H-pyrrole nitrogens is 1. The van der Waals surface area contributed by atoms with Gasteiger partial charge in [-0.05, 0) is 17.7 Å². The van der Waals surface area contributed by atoms with Gasteiger partial charge in [-0.15, -0.1) is 12.4 Å². The van der Waals surface area contributed by atoms with Gasteiger partial charge in [0.25, 0.3) is 0 Å². The van der Waals surface area contributed by atoms with Crippen LogP contribution in [0.4, 0.5) is 13.2 Å². The number of benzene rings is 1. The van der Waals surface area contributed by atoms with Crippen molar-refractivity contribution < 1.29 is 23.1 Å². The van der Waals surface area contributed by atoms with Crippen LogP contribution in [0.15, 0.2) is 18.2 Å². The van der Waals surface area contributed by atoms with Gasteiger partial charge in [0.05, 0.1) is 5.56 Å². The van der Waals surface area contributed by atoms with Crippen molar-refractivity contribution in [3.63, 3.8) is 0 Å². The van der Waals surface area contributed by atoms with Crippen LogP contribution in [0, 0.1) is 0 Å². The normalized spacial score (nSPS) is 18.1. The molecule has 0 radical (unpaired) electrons. The number of carboxylic acids is 1. The van der Waals surface area contributed by atoms with E-state index in [1.54, 1.807) is 0 Å². The summed E-state index contributed by atoms with van der Waals surface area (Å²) in [6.07, 6.45) is -4.13. The Hall–Kier alpha value is -1.73. The Morgan fingerprint density at radius 2 is 2.05 bits per heavy atom. The smallest absolute Gasteiger partial charge is 0.416 e. The Kier molecular flexibility index (Phi) is 3.90. The average molecular weight is 321 g/mol. The van der Waals surface area contributed by atoms with Crippen molar-refractivity contribution in [3.05, 3.63) is 35.0 Å². The van der Waals surface area contributed by atoms with Gasteiger partial charge in [0.1, 0.15) is 6.04 Å². The molecule has 1 aromatic carbocycles. The standard InChI is InChI=1S/C13H11F3N2O2.ClH/c14-13(15,16)6-1-2-7-8-4-10(12(19)20)17-5-11(8)18-9(7)3-6;/h1-3,10,17-18H,4-5H2,(H,19,20);1H/t10-;/m0./s1. The fraction of sp³-hybridized carbons (Fsp3) is 0.308. The zero-order valence-electron chi connectivity index (χ0n) is 10.6. The number of nitrogens with one attached hydrogen (secondary N) is 2. The fourth-order valence-corrected chi connectivity index (χ4v) is 2.55. The van der Waals surface area contributed by atoms with Crippen molar-refractivity contribution in [1.29, 1.82) is 0 Å². The maximum absolute atomic E-state index is 12.7. The molecule has 0 unspecified atom stereocenters. The van der Waals surface area contributed by atoms with Gasteiger partial charge < -0.3 is 10.1 Å². The summed E-state index contributed by atoms with van der Waals surface area (Å²) in [4.78, 5) is 13.9. The van der Waals surface area contributed by atoms with Gasteiger partial charge >= 0.3 is 12.1 Å². The molecule has 0 saturated carbocycles. The van der Waals surface area contributed by atoms with Crippen LogP contribution in [-0.4, -0.2) is 22.1 Å². The molecule has 0 bridgehead atoms. The second kappa shape index (κ2) is 5.23. The highest BCUT2D eigenvalue weighted by atomic mass is 35.5. The minimum Gasteiger partial charge on any atom is -0.480 e. The summed E-state index contributed by atoms with van der Waals surface area (Å²) >= 11 is 0. The van der Waals surface area contributed by atoms with Crippen molar-refractivity contribution in [2.75, 3.05) is 0 Å². The number of rotatable bonds is 1. The Bertz CT molecular complexity index is 697. The minimum atomic E-state index is -4.39. The molecule has 1 aliphatic heterocycles. The third-order valence-corrected chi connectivity index (χ3v) is 3.55. The second-order valence-corrected chi connectivity index (χ2v) is 4.82. The van der Waals surface area contributed by atoms with Gasteiger partial charge in [-0.1, -0.05) is 6.07 Å². The number of fused-ring (bicyclic) bond motifs is 3. The van der Waals surface area contributed by atoms with Gasteiger partial charge in [-0.3, -0.25) is 10.1 Å². The largest absolute Gasteiger partial charge is 0.480 e. The molecule has 0 spiro atoms. The van der Waals surface area contributed by atoms with Crippen molar-refractivity contribution in [2.24, 2.45) is 0 Å². The van der Waals surface area contributed by atoms with Crippen LogP contribution in [0.5, 0.6) is 0 Å². The predicted octanol–water partition coefficient (Wildman–Crippen LogP) is 2.71. The molecule has 2 heterocycles. The van der Waals surface area contributed by atoms with Gasteiger partial charge in [0.2, 0.25) is 0 Å². The molecule has 1 aliphatic rings. The maximum Gasteiger partial charge on any atom is 0.416 e. The molecule has 1 atom stereocenters. The number of aromatic amines is 1. The van der Waals surface area contributed by atoms with Gasteiger partial charge in [0, 0.05) is 29.6 Å². The van der Waals surface area contributed by atoms with Crippen LogP contribution in [0.2, 0.25) is 0 Å². The molecule has 114 valence electrons. The molecule has 0 amide bonds. The van der Waals surface area contributed by atoms with Crippen molar-refractivity contribution in [3.8, 4) is 0 Å². The minimum absolute atomic E-state index is 0. The summed E-state index contributed by atoms with van der Waals surface area (Å²) in [6.45, 7) is 0.308. The lowest BCUT2D eigenvalue weighted by Crippen LogP contribution is -2.41. The fourth-order valence-electron chi connectivity index (χ4n) is 2.55. The number of hydrogen-bond acceptors (Lipinski definition) is 2. The topological polar surface area (TPSA) is 65.1 Å². The van der Waals surface area contributed by atoms with Gasteiger partial charge in [0.15, 0.2) is 0 Å². The molecule has 21 heavy (non-hydrogen) atoms. The zero-order chi connectivity index (χ0) is 14.5. The molecule has 0 fully saturated rings. The Morgan fingerprint density at radius 1 is 1.33 bits per heavy atom. The summed E-state index contributed by atoms with van der Waals surface area (Å²) < 4.78 is 38.0. The number of alkyl halides is 3. The lowest BCUT2D eigenvalue weighted by Gasteiger charge is -2.20. The van der Waals surface area contributed by atoms with E-state index >= 15 is 0 Å². The number of aliphatic carboxylic acids is 1. The van der Waals surface area contributed by atoms with Crippen LogP contribution >= 0.6 is 12.4 Å². The van der Waals surface area contributed by atoms with E-state index in [9.17, 15) is 18.0 Å². The highest BCUT2D eigenvalue weighted by Crippen LogP contribution is 2.34. The molecule has 0 aliphatic carbocycles. The summed E-state index contributed by atoms with van der Waals surface area (Å²) in [5, 5.41) is 12.5. The average Bonchev–Trinajstić information content (AvgIpc) is 2.74. The van der Waals surface area contributed by atoms with E-state index in [1.807, 2.05) is 0 Å². The molecule has 4 nitrogen and oxygen atoms in total. The highest BCUT2D eigenvalue weighted by molar-refractivity contribution is 5.87. The lowest BCUT2D eigenvalue weighted by atomic mass is 9.98. The third kappa shape index (κ3) is 2.71. The Morgan fingerprint density at radius 3 is 2.67 bits per heavy atom. The molecular formula is C13H12ClF3N2O2. The van der Waals surface area contributed by atoms with Gasteiger partial charge in [-0.25, -0.2) is 0 Å². The number of carboxylic acid groups (broad SMARTS) is 1. The summed E-state index contributed by atoms with van der Waals surface area (Å²) in [5.74, 6) is -0.961. The monoisotopic (exact) mass is 320 g/mol. The molecule has 0 saturated heterocycles. The molecule has 3 rings (SSSR count). The number of halogens is 4. The number of hydrogen-bond donors (Lipinski definition) is 3. The van der Waals surface area contributed by atoms with Crippen molar-refractivity contribution in [2.45, 2.75) is 25.2 Å². The van der Waals surface area contributed by atoms with E-state index in [-0.39, 0.29) is 18.8 Å². The molecule has 1 aromatic heterocycles. The SMILES string of the molecule is Cl.O=C(O)[C@@H]1Cc2c([nH]c3cc(C(F)(F)F)ccc23)CN1. The molecule has 3 N–H and O–H groups in total. The van der Waals surface area contributed by atoms with Crippen LogP contribution in [-0.2, 0) is 23.9 Å². The quantitative estimate of drug-likeness (QED) is 0.757. The summed E-state index contributed by atoms with van der Waals surface area (Å²) in [5.41, 5.74) is 1.20. The van der Waals surface area contributed by atoms with Gasteiger partial charge in [-0.2, -0.15) is 13.2 Å². The first kappa shape index (κ1) is 15.7. The van der Waals surface area contributed by atoms with Crippen molar-refractivity contribution in [1.82, 2.24) is 10.3 Å². The van der Waals surface area contributed by atoms with E-state index in [2.05, 4.69) is 10.3 Å². The third-order valence-electron chi connectivity index (χ3n) is 3.55. The van der Waals surface area contributed by atoms with E-state index in [1.165, 1.54) is 6.07 Å². The first-order valence-electron chi connectivity index (χ1n) is 6.03. The number of aromatic nitrogens is 1.